The quantitative estimate of drug-likeness (QED) is 0.604. The molecule has 3 rings (SSSR count). The lowest BCUT2D eigenvalue weighted by Gasteiger charge is -2.07. The summed E-state index contributed by atoms with van der Waals surface area (Å²) < 4.78 is 11.1. The maximum atomic E-state index is 10.7. The SMILES string of the molecule is O=Cc1cccc(Oc2ccc3c(c2)COB3)c1. The molecule has 1 heterocycles. The van der Waals surface area contributed by atoms with Gasteiger partial charge in [0.25, 0.3) is 0 Å². The van der Waals surface area contributed by atoms with E-state index >= 15 is 0 Å². The Morgan fingerprint density at radius 3 is 2.94 bits per heavy atom. The highest BCUT2D eigenvalue weighted by Crippen LogP contribution is 2.23. The third-order valence-corrected chi connectivity index (χ3v) is 2.92. The number of hydrogen-bond acceptors (Lipinski definition) is 3. The molecule has 2 aromatic carbocycles. The summed E-state index contributed by atoms with van der Waals surface area (Å²) in [5.74, 6) is 1.43. The van der Waals surface area contributed by atoms with Gasteiger partial charge in [-0.15, -0.1) is 0 Å². The Kier molecular flexibility index (Phi) is 2.86. The zero-order chi connectivity index (χ0) is 12.4. The van der Waals surface area contributed by atoms with Crippen LogP contribution in [0.3, 0.4) is 0 Å². The second-order valence-electron chi connectivity index (χ2n) is 4.22. The molecule has 1 aliphatic rings. The average molecular weight is 238 g/mol. The summed E-state index contributed by atoms with van der Waals surface area (Å²) in [7, 11) is 0.677. The lowest BCUT2D eigenvalue weighted by Crippen LogP contribution is -2.10. The number of rotatable bonds is 3. The van der Waals surface area contributed by atoms with Crippen molar-refractivity contribution >= 4 is 19.2 Å². The van der Waals surface area contributed by atoms with Crippen LogP contribution in [0.4, 0.5) is 0 Å². The molecule has 0 atom stereocenters. The largest absolute Gasteiger partial charge is 0.457 e. The van der Waals surface area contributed by atoms with E-state index in [9.17, 15) is 4.79 Å². The van der Waals surface area contributed by atoms with Crippen LogP contribution in [-0.4, -0.2) is 13.8 Å². The van der Waals surface area contributed by atoms with E-state index in [0.29, 0.717) is 25.4 Å². The fourth-order valence-electron chi connectivity index (χ4n) is 2.00. The first-order valence-corrected chi connectivity index (χ1v) is 5.78. The predicted molar refractivity (Wildman–Crippen MR) is 69.9 cm³/mol. The van der Waals surface area contributed by atoms with Crippen molar-refractivity contribution in [1.82, 2.24) is 0 Å². The second-order valence-corrected chi connectivity index (χ2v) is 4.22. The van der Waals surface area contributed by atoms with Crippen LogP contribution >= 0.6 is 0 Å². The van der Waals surface area contributed by atoms with Gasteiger partial charge in [-0.2, -0.15) is 0 Å². The van der Waals surface area contributed by atoms with Crippen molar-refractivity contribution in [2.24, 2.45) is 0 Å². The molecule has 3 nitrogen and oxygen atoms in total. The molecule has 2 aromatic rings. The van der Waals surface area contributed by atoms with Crippen LogP contribution in [0, 0.1) is 0 Å². The summed E-state index contributed by atoms with van der Waals surface area (Å²) in [6.45, 7) is 0.640. The van der Waals surface area contributed by atoms with Gasteiger partial charge >= 0.3 is 7.48 Å². The highest BCUT2D eigenvalue weighted by Gasteiger charge is 2.13. The molecule has 0 unspecified atom stereocenters. The minimum absolute atomic E-state index is 0.608. The maximum absolute atomic E-state index is 10.7. The average Bonchev–Trinajstić information content (AvgIpc) is 2.86. The summed E-state index contributed by atoms with van der Waals surface area (Å²) >= 11 is 0. The van der Waals surface area contributed by atoms with E-state index in [1.165, 1.54) is 11.0 Å². The van der Waals surface area contributed by atoms with E-state index in [4.69, 9.17) is 9.39 Å². The van der Waals surface area contributed by atoms with E-state index in [-0.39, 0.29) is 0 Å². The lowest BCUT2D eigenvalue weighted by molar-refractivity contribution is 0.112. The first-order chi connectivity index (χ1) is 8.85. The molecule has 88 valence electrons. The molecule has 0 aromatic heterocycles. The molecule has 1 aliphatic heterocycles. The van der Waals surface area contributed by atoms with Crippen molar-refractivity contribution in [2.75, 3.05) is 0 Å². The van der Waals surface area contributed by atoms with Crippen LogP contribution in [0.2, 0.25) is 0 Å². The van der Waals surface area contributed by atoms with Crippen molar-refractivity contribution in [3.05, 3.63) is 53.6 Å². The Morgan fingerprint density at radius 2 is 2.06 bits per heavy atom. The summed E-state index contributed by atoms with van der Waals surface area (Å²) in [4.78, 5) is 10.7. The first-order valence-electron chi connectivity index (χ1n) is 5.78. The smallest absolute Gasteiger partial charge is 0.309 e. The summed E-state index contributed by atoms with van der Waals surface area (Å²) in [5.41, 5.74) is 2.99. The van der Waals surface area contributed by atoms with Gasteiger partial charge in [0.15, 0.2) is 0 Å². The van der Waals surface area contributed by atoms with Crippen LogP contribution < -0.4 is 10.2 Å². The zero-order valence-electron chi connectivity index (χ0n) is 9.76. The highest BCUT2D eigenvalue weighted by atomic mass is 16.5. The molecule has 0 aliphatic carbocycles. The third kappa shape index (κ3) is 2.15. The number of aldehydes is 1. The zero-order valence-corrected chi connectivity index (χ0v) is 9.76. The predicted octanol–water partition coefficient (Wildman–Crippen LogP) is 1.80. The molecule has 0 N–H and O–H groups in total. The summed E-state index contributed by atoms with van der Waals surface area (Å²) in [6, 6.07) is 13.0. The number of carbonyl (C=O) groups excluding carboxylic acids is 1. The van der Waals surface area contributed by atoms with E-state index < -0.39 is 0 Å². The normalized spacial score (nSPS) is 12.7. The number of ether oxygens (including phenoxy) is 1. The topological polar surface area (TPSA) is 35.5 Å². The maximum Gasteiger partial charge on any atom is 0.309 e. The Morgan fingerprint density at radius 1 is 1.17 bits per heavy atom. The Hall–Kier alpha value is -2.07. The van der Waals surface area contributed by atoms with Crippen molar-refractivity contribution in [1.29, 1.82) is 0 Å². The summed E-state index contributed by atoms with van der Waals surface area (Å²) in [5, 5.41) is 0. The molecule has 0 bridgehead atoms. The standard InChI is InChI=1S/C14H11BO3/c16-8-10-2-1-3-12(6-10)18-13-4-5-14-11(7-13)9-17-15-14/h1-8,15H,9H2. The van der Waals surface area contributed by atoms with E-state index in [0.717, 1.165) is 12.0 Å². The van der Waals surface area contributed by atoms with Crippen LogP contribution in [0.25, 0.3) is 0 Å². The number of benzene rings is 2. The third-order valence-electron chi connectivity index (χ3n) is 2.92. The van der Waals surface area contributed by atoms with E-state index in [1.807, 2.05) is 24.3 Å². The van der Waals surface area contributed by atoms with Crippen LogP contribution in [-0.2, 0) is 11.3 Å². The van der Waals surface area contributed by atoms with Gasteiger partial charge < -0.3 is 9.39 Å². The minimum atomic E-state index is 0.608. The Labute approximate surface area is 106 Å². The van der Waals surface area contributed by atoms with E-state index in [1.54, 1.807) is 18.2 Å². The molecule has 0 amide bonds. The summed E-state index contributed by atoms with van der Waals surface area (Å²) in [6.07, 6.45) is 0.809. The molecule has 4 heteroatoms. The fourth-order valence-corrected chi connectivity index (χ4v) is 2.00. The van der Waals surface area contributed by atoms with Gasteiger partial charge in [0.1, 0.15) is 17.8 Å². The lowest BCUT2D eigenvalue weighted by atomic mass is 9.87. The van der Waals surface area contributed by atoms with Crippen LogP contribution in [0.1, 0.15) is 15.9 Å². The van der Waals surface area contributed by atoms with Gasteiger partial charge in [-0.3, -0.25) is 4.79 Å². The van der Waals surface area contributed by atoms with Crippen molar-refractivity contribution in [3.63, 3.8) is 0 Å². The van der Waals surface area contributed by atoms with Crippen molar-refractivity contribution < 1.29 is 14.2 Å². The molecule has 18 heavy (non-hydrogen) atoms. The van der Waals surface area contributed by atoms with Crippen LogP contribution in [0.15, 0.2) is 42.5 Å². The van der Waals surface area contributed by atoms with Gasteiger partial charge in [0.2, 0.25) is 0 Å². The van der Waals surface area contributed by atoms with Crippen LogP contribution in [0.5, 0.6) is 11.5 Å². The van der Waals surface area contributed by atoms with Gasteiger partial charge in [0.05, 0.1) is 6.61 Å². The van der Waals surface area contributed by atoms with Crippen molar-refractivity contribution in [3.8, 4) is 11.5 Å². The van der Waals surface area contributed by atoms with Crippen molar-refractivity contribution in [2.45, 2.75) is 6.61 Å². The minimum Gasteiger partial charge on any atom is -0.457 e. The molecule has 0 saturated heterocycles. The Bertz CT molecular complexity index is 595. The molecule has 0 spiro atoms. The second kappa shape index (κ2) is 4.66. The van der Waals surface area contributed by atoms with Gasteiger partial charge in [-0.1, -0.05) is 18.2 Å². The number of carbonyl (C=O) groups is 1. The molecule has 0 saturated carbocycles. The number of fused-ring (bicyclic) bond motifs is 1. The van der Waals surface area contributed by atoms with Gasteiger partial charge in [0, 0.05) is 5.56 Å². The molecule has 0 fully saturated rings. The highest BCUT2D eigenvalue weighted by molar-refractivity contribution is 6.48. The molecule has 0 radical (unpaired) electrons. The van der Waals surface area contributed by atoms with Gasteiger partial charge in [-0.25, -0.2) is 0 Å². The fraction of sp³-hybridized carbons (Fsp3) is 0.0714. The van der Waals surface area contributed by atoms with Gasteiger partial charge in [-0.05, 0) is 35.3 Å². The molecular weight excluding hydrogens is 227 g/mol. The molecular formula is C14H11BO3. The first kappa shape index (κ1) is 11.0. The van der Waals surface area contributed by atoms with E-state index in [2.05, 4.69) is 0 Å². The Balaban J connectivity index is 1.85. The number of hydrogen-bond donors (Lipinski definition) is 0. The monoisotopic (exact) mass is 238 g/mol.